The molecule has 0 radical (unpaired) electrons. The zero-order valence-corrected chi connectivity index (χ0v) is 14.1. The summed E-state index contributed by atoms with van der Waals surface area (Å²) in [5, 5.41) is 5.08. The number of aromatic nitrogens is 2. The predicted octanol–water partition coefficient (Wildman–Crippen LogP) is 2.40. The molecule has 25 heavy (non-hydrogen) atoms. The second-order valence-corrected chi connectivity index (χ2v) is 5.85. The van der Waals surface area contributed by atoms with E-state index in [9.17, 15) is 18.8 Å². The van der Waals surface area contributed by atoms with Crippen LogP contribution >= 0.6 is 11.8 Å². The van der Waals surface area contributed by atoms with Gasteiger partial charge in [0.25, 0.3) is 11.5 Å². The molecule has 0 unspecified atom stereocenters. The van der Waals surface area contributed by atoms with Gasteiger partial charge in [0.05, 0.1) is 0 Å². The summed E-state index contributed by atoms with van der Waals surface area (Å²) in [5.74, 6) is -1.14. The summed E-state index contributed by atoms with van der Waals surface area (Å²) in [6.45, 7) is 4.83. The Kier molecular flexibility index (Phi) is 6.07. The van der Waals surface area contributed by atoms with Crippen LogP contribution in [-0.4, -0.2) is 27.5 Å². The molecule has 1 aromatic carbocycles. The van der Waals surface area contributed by atoms with Crippen molar-refractivity contribution >= 4 is 35.1 Å². The molecule has 3 N–H and O–H groups in total. The van der Waals surface area contributed by atoms with Crippen LogP contribution in [0, 0.1) is 5.82 Å². The number of carbonyl (C=O) groups is 2. The fourth-order valence-corrected chi connectivity index (χ4v) is 2.42. The Morgan fingerprint density at radius 1 is 1.32 bits per heavy atom. The molecule has 0 fully saturated rings. The number of aromatic amines is 1. The van der Waals surface area contributed by atoms with Gasteiger partial charge < -0.3 is 10.6 Å². The molecule has 0 bridgehead atoms. The van der Waals surface area contributed by atoms with Crippen LogP contribution in [0.25, 0.3) is 0 Å². The highest BCUT2D eigenvalue weighted by atomic mass is 32.2. The Labute approximate surface area is 146 Å². The minimum Gasteiger partial charge on any atom is -0.314 e. The summed E-state index contributed by atoms with van der Waals surface area (Å²) in [6.07, 6.45) is 1.63. The predicted molar refractivity (Wildman–Crippen MR) is 94.4 cm³/mol. The SMILES string of the molecule is C=CCSc1nc(NC(C)=O)c(NC(=O)c2ccc(F)cc2)c(=O)[nH]1. The molecule has 2 amide bonds. The fraction of sp³-hybridized carbons (Fsp3) is 0.125. The fourth-order valence-electron chi connectivity index (χ4n) is 1.82. The molecule has 2 aromatic rings. The van der Waals surface area contributed by atoms with Crippen LogP contribution in [0.5, 0.6) is 0 Å². The molecule has 0 aliphatic rings. The van der Waals surface area contributed by atoms with Crippen molar-refractivity contribution in [2.45, 2.75) is 12.1 Å². The molecule has 9 heteroatoms. The lowest BCUT2D eigenvalue weighted by Gasteiger charge is -2.11. The van der Waals surface area contributed by atoms with Crippen LogP contribution in [0.3, 0.4) is 0 Å². The minimum absolute atomic E-state index is 0.0710. The van der Waals surface area contributed by atoms with Gasteiger partial charge in [0.15, 0.2) is 16.7 Å². The first kappa shape index (κ1) is 18.4. The summed E-state index contributed by atoms with van der Waals surface area (Å²) in [5.41, 5.74) is -0.673. The maximum absolute atomic E-state index is 12.9. The number of hydrogen-bond acceptors (Lipinski definition) is 5. The van der Waals surface area contributed by atoms with E-state index in [1.165, 1.54) is 30.8 Å². The first-order chi connectivity index (χ1) is 11.9. The quantitative estimate of drug-likeness (QED) is 0.416. The maximum Gasteiger partial charge on any atom is 0.277 e. The van der Waals surface area contributed by atoms with Gasteiger partial charge in [-0.2, -0.15) is 0 Å². The molecule has 0 saturated carbocycles. The molecular formula is C16H15FN4O3S. The molecule has 0 spiro atoms. The number of hydrogen-bond donors (Lipinski definition) is 3. The van der Waals surface area contributed by atoms with Crippen molar-refractivity contribution < 1.29 is 14.0 Å². The van der Waals surface area contributed by atoms with E-state index in [4.69, 9.17) is 0 Å². The van der Waals surface area contributed by atoms with E-state index in [1.807, 2.05) is 0 Å². The number of amides is 2. The molecule has 1 heterocycles. The molecule has 2 rings (SSSR count). The van der Waals surface area contributed by atoms with Gasteiger partial charge in [-0.3, -0.25) is 19.4 Å². The van der Waals surface area contributed by atoms with Crippen molar-refractivity contribution in [3.8, 4) is 0 Å². The number of halogens is 1. The molecule has 7 nitrogen and oxygen atoms in total. The third-order valence-electron chi connectivity index (χ3n) is 2.87. The first-order valence-electron chi connectivity index (χ1n) is 7.13. The largest absolute Gasteiger partial charge is 0.314 e. The lowest BCUT2D eigenvalue weighted by atomic mass is 10.2. The molecule has 0 saturated heterocycles. The molecule has 1 aromatic heterocycles. The van der Waals surface area contributed by atoms with E-state index in [-0.39, 0.29) is 22.2 Å². The van der Waals surface area contributed by atoms with Crippen LogP contribution in [0.4, 0.5) is 15.9 Å². The molecule has 0 atom stereocenters. The number of carbonyl (C=O) groups excluding carboxylic acids is 2. The van der Waals surface area contributed by atoms with Crippen molar-refractivity contribution in [3.63, 3.8) is 0 Å². The molecule has 0 aliphatic heterocycles. The van der Waals surface area contributed by atoms with Gasteiger partial charge in [-0.05, 0) is 24.3 Å². The minimum atomic E-state index is -0.634. The first-order valence-corrected chi connectivity index (χ1v) is 8.11. The zero-order valence-electron chi connectivity index (χ0n) is 13.3. The Bertz CT molecular complexity index is 865. The van der Waals surface area contributed by atoms with Crippen molar-refractivity contribution in [3.05, 3.63) is 58.7 Å². The lowest BCUT2D eigenvalue weighted by molar-refractivity contribution is -0.114. The second-order valence-electron chi connectivity index (χ2n) is 4.84. The summed E-state index contributed by atoms with van der Waals surface area (Å²) in [7, 11) is 0. The summed E-state index contributed by atoms with van der Waals surface area (Å²) in [6, 6.07) is 4.81. The van der Waals surface area contributed by atoms with Crippen LogP contribution in [0.2, 0.25) is 0 Å². The highest BCUT2D eigenvalue weighted by Crippen LogP contribution is 2.20. The molecular weight excluding hydrogens is 347 g/mol. The summed E-state index contributed by atoms with van der Waals surface area (Å²) < 4.78 is 12.9. The van der Waals surface area contributed by atoms with E-state index in [0.717, 1.165) is 12.1 Å². The second kappa shape index (κ2) is 8.25. The maximum atomic E-state index is 12.9. The van der Waals surface area contributed by atoms with Crippen molar-refractivity contribution in [1.82, 2.24) is 9.97 Å². The highest BCUT2D eigenvalue weighted by molar-refractivity contribution is 7.99. The van der Waals surface area contributed by atoms with Gasteiger partial charge in [0.1, 0.15) is 5.82 Å². The third kappa shape index (κ3) is 5.01. The Morgan fingerprint density at radius 3 is 2.60 bits per heavy atom. The smallest absolute Gasteiger partial charge is 0.277 e. The molecule has 130 valence electrons. The van der Waals surface area contributed by atoms with Crippen LogP contribution in [0.15, 0.2) is 46.9 Å². The topological polar surface area (TPSA) is 104 Å². The number of nitrogens with zero attached hydrogens (tertiary/aromatic N) is 1. The third-order valence-corrected chi connectivity index (χ3v) is 3.74. The van der Waals surface area contributed by atoms with Gasteiger partial charge in [0.2, 0.25) is 5.91 Å². The van der Waals surface area contributed by atoms with E-state index in [1.54, 1.807) is 6.08 Å². The van der Waals surface area contributed by atoms with Crippen molar-refractivity contribution in [2.24, 2.45) is 0 Å². The number of H-pyrrole nitrogens is 1. The number of rotatable bonds is 6. The number of benzene rings is 1. The normalized spacial score (nSPS) is 10.2. The van der Waals surface area contributed by atoms with Crippen LogP contribution in [0.1, 0.15) is 17.3 Å². The lowest BCUT2D eigenvalue weighted by Crippen LogP contribution is -2.24. The monoisotopic (exact) mass is 362 g/mol. The van der Waals surface area contributed by atoms with E-state index in [0.29, 0.717) is 5.75 Å². The Balaban J connectivity index is 2.35. The Morgan fingerprint density at radius 2 is 2.00 bits per heavy atom. The number of thioether (sulfide) groups is 1. The van der Waals surface area contributed by atoms with Gasteiger partial charge in [-0.25, -0.2) is 9.37 Å². The van der Waals surface area contributed by atoms with E-state index < -0.39 is 23.2 Å². The Hall–Kier alpha value is -2.94. The van der Waals surface area contributed by atoms with E-state index in [2.05, 4.69) is 27.2 Å². The van der Waals surface area contributed by atoms with Gasteiger partial charge >= 0.3 is 0 Å². The van der Waals surface area contributed by atoms with Gasteiger partial charge in [0, 0.05) is 18.2 Å². The average Bonchev–Trinajstić information content (AvgIpc) is 2.56. The van der Waals surface area contributed by atoms with E-state index >= 15 is 0 Å². The zero-order chi connectivity index (χ0) is 18.4. The summed E-state index contributed by atoms with van der Waals surface area (Å²) >= 11 is 1.21. The number of nitrogens with one attached hydrogen (secondary N) is 3. The summed E-state index contributed by atoms with van der Waals surface area (Å²) in [4.78, 5) is 42.5. The average molecular weight is 362 g/mol. The van der Waals surface area contributed by atoms with Gasteiger partial charge in [-0.1, -0.05) is 17.8 Å². The van der Waals surface area contributed by atoms with Crippen molar-refractivity contribution in [1.29, 1.82) is 0 Å². The highest BCUT2D eigenvalue weighted by Gasteiger charge is 2.16. The molecule has 0 aliphatic carbocycles. The van der Waals surface area contributed by atoms with Crippen LogP contribution in [-0.2, 0) is 4.79 Å². The number of anilines is 2. The van der Waals surface area contributed by atoms with Crippen LogP contribution < -0.4 is 16.2 Å². The van der Waals surface area contributed by atoms with Crippen molar-refractivity contribution in [2.75, 3.05) is 16.4 Å². The van der Waals surface area contributed by atoms with Gasteiger partial charge in [-0.15, -0.1) is 6.58 Å². The standard InChI is InChI=1S/C16H15FN4O3S/c1-3-8-25-16-20-13(18-9(2)22)12(15(24)21-16)19-14(23)10-4-6-11(17)7-5-10/h3-7H,1,8H2,2H3,(H,19,23)(H2,18,20,21,22,24).